The Morgan fingerprint density at radius 2 is 1.09 bits per heavy atom. The molecule has 0 amide bonds. The molecule has 0 saturated heterocycles. The van der Waals surface area contributed by atoms with Gasteiger partial charge in [0.2, 0.25) is 12.3 Å². The second-order valence-electron chi connectivity index (χ2n) is 9.16. The maximum Gasteiger partial charge on any atom is 0.297 e. The van der Waals surface area contributed by atoms with E-state index in [1.165, 1.54) is 12.1 Å². The Labute approximate surface area is 264 Å². The van der Waals surface area contributed by atoms with Crippen molar-refractivity contribution in [1.82, 2.24) is 4.90 Å². The highest BCUT2D eigenvalue weighted by Crippen LogP contribution is 2.13. The van der Waals surface area contributed by atoms with Crippen LogP contribution in [0.1, 0.15) is 5.56 Å². The van der Waals surface area contributed by atoms with Crippen LogP contribution in [0.2, 0.25) is 0 Å². The van der Waals surface area contributed by atoms with Gasteiger partial charge in [-0.1, -0.05) is 71.1 Å². The molecule has 44 heavy (non-hydrogen) atoms. The summed E-state index contributed by atoms with van der Waals surface area (Å²) in [5.41, 5.74) is 1.12. The topological polar surface area (TPSA) is 111 Å². The Bertz CT molecular complexity index is 1210. The van der Waals surface area contributed by atoms with Crippen LogP contribution in [0.5, 0.6) is 5.75 Å². The fourth-order valence-electron chi connectivity index (χ4n) is 3.64. The van der Waals surface area contributed by atoms with Crippen molar-refractivity contribution in [3.05, 3.63) is 96.6 Å². The highest BCUT2D eigenvalue weighted by molar-refractivity contribution is 7.89. The molecule has 0 heterocycles. The molecule has 0 aliphatic heterocycles. The van der Waals surface area contributed by atoms with Gasteiger partial charge in [0.05, 0.1) is 71.0 Å². The average molecular weight is 652 g/mol. The summed E-state index contributed by atoms with van der Waals surface area (Å²) in [6.45, 7) is 5.66. The molecule has 0 N–H and O–H groups in total. The van der Waals surface area contributed by atoms with E-state index in [0.29, 0.717) is 78.2 Å². The molecule has 0 aliphatic carbocycles. The van der Waals surface area contributed by atoms with Crippen molar-refractivity contribution in [2.45, 2.75) is 11.5 Å². The molecule has 0 aromatic heterocycles. The van der Waals surface area contributed by atoms with Crippen molar-refractivity contribution in [2.24, 2.45) is 0 Å². The summed E-state index contributed by atoms with van der Waals surface area (Å²) in [5, 5.41) is 0. The zero-order valence-corrected chi connectivity index (χ0v) is 26.3. The first-order valence-corrected chi connectivity index (χ1v) is 16.4. The van der Waals surface area contributed by atoms with Gasteiger partial charge in [-0.2, -0.15) is 8.42 Å². The third kappa shape index (κ3) is 16.5. The number of para-hydroxylation sites is 1. The molecule has 0 spiro atoms. The summed E-state index contributed by atoms with van der Waals surface area (Å²) in [7, 11) is -3.80. The molecule has 0 radical (unpaired) electrons. The SMILES string of the molecule is O=S(=O)(OCCOCCN(CCOCCOCc1ccccc1)CCOCCOSOOc1ccccc1)c1ccccc1. The second kappa shape index (κ2) is 22.9. The Kier molecular flexibility index (Phi) is 18.7. The summed E-state index contributed by atoms with van der Waals surface area (Å²) >= 11 is 0.744. The first-order valence-electron chi connectivity index (χ1n) is 14.3. The van der Waals surface area contributed by atoms with Gasteiger partial charge in [0.1, 0.15) is 0 Å². The minimum absolute atomic E-state index is 0.0649. The third-order valence-corrected chi connectivity index (χ3v) is 7.61. The van der Waals surface area contributed by atoms with E-state index in [-0.39, 0.29) is 18.1 Å². The normalized spacial score (nSPS) is 11.7. The van der Waals surface area contributed by atoms with Crippen molar-refractivity contribution < 1.29 is 45.0 Å². The van der Waals surface area contributed by atoms with Crippen molar-refractivity contribution >= 4 is 22.4 Å². The zero-order chi connectivity index (χ0) is 31.0. The molecule has 3 rings (SSSR count). The molecule has 3 aromatic carbocycles. The maximum atomic E-state index is 12.2. The van der Waals surface area contributed by atoms with E-state index in [1.54, 1.807) is 30.3 Å². The number of benzene rings is 3. The summed E-state index contributed by atoms with van der Waals surface area (Å²) in [6.07, 6.45) is 0. The molecule has 3 aromatic rings. The van der Waals surface area contributed by atoms with E-state index in [0.717, 1.165) is 17.9 Å². The van der Waals surface area contributed by atoms with Crippen molar-refractivity contribution in [3.8, 4) is 5.75 Å². The molecule has 0 aliphatic rings. The van der Waals surface area contributed by atoms with Crippen molar-refractivity contribution in [3.63, 3.8) is 0 Å². The fraction of sp³-hybridized carbons (Fsp3) is 0.419. The minimum Gasteiger partial charge on any atom is -0.378 e. The van der Waals surface area contributed by atoms with E-state index in [2.05, 4.69) is 4.90 Å². The maximum absolute atomic E-state index is 12.2. The number of ether oxygens (including phenoxy) is 4. The molecule has 242 valence electrons. The van der Waals surface area contributed by atoms with Gasteiger partial charge in [0.15, 0.2) is 5.75 Å². The molecular weight excluding hydrogens is 610 g/mol. The van der Waals surface area contributed by atoms with E-state index in [4.69, 9.17) is 36.5 Å². The summed E-state index contributed by atoms with van der Waals surface area (Å²) in [4.78, 5) is 7.34. The van der Waals surface area contributed by atoms with Crippen LogP contribution in [-0.4, -0.2) is 92.4 Å². The van der Waals surface area contributed by atoms with Gasteiger partial charge in [-0.15, -0.1) is 0 Å². The Hall–Kier alpha value is -2.56. The predicted molar refractivity (Wildman–Crippen MR) is 166 cm³/mol. The minimum atomic E-state index is -3.80. The molecule has 0 bridgehead atoms. The van der Waals surface area contributed by atoms with Crippen LogP contribution in [-0.2, 0) is 48.4 Å². The van der Waals surface area contributed by atoms with Crippen LogP contribution in [0.15, 0.2) is 95.9 Å². The first kappa shape index (κ1) is 35.9. The average Bonchev–Trinajstić information content (AvgIpc) is 3.06. The summed E-state index contributed by atoms with van der Waals surface area (Å²) in [5.74, 6) is 0.581. The van der Waals surface area contributed by atoms with Crippen molar-refractivity contribution in [1.29, 1.82) is 0 Å². The highest BCUT2D eigenvalue weighted by Gasteiger charge is 2.14. The molecule has 0 saturated carbocycles. The molecule has 11 nitrogen and oxygen atoms in total. The quantitative estimate of drug-likeness (QED) is 0.0399. The first-order chi connectivity index (χ1) is 21.6. The van der Waals surface area contributed by atoms with Gasteiger partial charge in [0.25, 0.3) is 10.1 Å². The molecular formula is C31H41NO10S2. The zero-order valence-electron chi connectivity index (χ0n) is 24.7. The Morgan fingerprint density at radius 3 is 1.73 bits per heavy atom. The second-order valence-corrected chi connectivity index (χ2v) is 11.3. The smallest absolute Gasteiger partial charge is 0.297 e. The Morgan fingerprint density at radius 1 is 0.568 bits per heavy atom. The summed E-state index contributed by atoms with van der Waals surface area (Å²) < 4.78 is 62.5. The van der Waals surface area contributed by atoms with Gasteiger partial charge >= 0.3 is 0 Å². The van der Waals surface area contributed by atoms with Crippen LogP contribution < -0.4 is 4.89 Å². The molecule has 0 atom stereocenters. The molecule has 0 fully saturated rings. The van der Waals surface area contributed by atoms with Crippen molar-refractivity contribution in [2.75, 3.05) is 79.1 Å². The highest BCUT2D eigenvalue weighted by atomic mass is 32.2. The van der Waals surface area contributed by atoms with E-state index >= 15 is 0 Å². The van der Waals surface area contributed by atoms with Crippen LogP contribution in [0, 0.1) is 0 Å². The monoisotopic (exact) mass is 651 g/mol. The van der Waals surface area contributed by atoms with Gasteiger partial charge in [-0.05, 0) is 29.8 Å². The van der Waals surface area contributed by atoms with Crippen LogP contribution in [0.25, 0.3) is 0 Å². The van der Waals surface area contributed by atoms with Crippen LogP contribution in [0.4, 0.5) is 0 Å². The van der Waals surface area contributed by atoms with E-state index < -0.39 is 10.1 Å². The van der Waals surface area contributed by atoms with E-state index in [9.17, 15) is 8.42 Å². The molecule has 13 heteroatoms. The standard InChI is InChI=1S/C31H41NO10S2/c33-44(34,31-14-8-3-9-15-31)40-27-25-37-21-18-32(16-19-35-22-23-38-28-29-10-4-1-5-11-29)17-20-36-24-26-39-43-42-41-30-12-6-2-7-13-30/h1-15H,16-28H2. The lowest BCUT2D eigenvalue weighted by molar-refractivity contribution is -0.0876. The third-order valence-electron chi connectivity index (χ3n) is 5.90. The predicted octanol–water partition coefficient (Wildman–Crippen LogP) is 4.55. The van der Waals surface area contributed by atoms with Gasteiger partial charge in [0, 0.05) is 19.6 Å². The number of rotatable bonds is 26. The lowest BCUT2D eigenvalue weighted by atomic mass is 10.2. The summed E-state index contributed by atoms with van der Waals surface area (Å²) in [6, 6.07) is 27.1. The van der Waals surface area contributed by atoms with Gasteiger partial charge in [-0.3, -0.25) is 13.3 Å². The fourth-order valence-corrected chi connectivity index (χ4v) is 4.83. The number of hydrogen-bond acceptors (Lipinski definition) is 12. The van der Waals surface area contributed by atoms with Crippen LogP contribution >= 0.6 is 12.3 Å². The largest absolute Gasteiger partial charge is 0.378 e. The number of hydrogen-bond donors (Lipinski definition) is 0. The molecule has 0 unspecified atom stereocenters. The van der Waals surface area contributed by atoms with Gasteiger partial charge in [-0.25, -0.2) is 0 Å². The van der Waals surface area contributed by atoms with Gasteiger partial charge < -0.3 is 23.8 Å². The lowest BCUT2D eigenvalue weighted by Crippen LogP contribution is -2.34. The van der Waals surface area contributed by atoms with E-state index in [1.807, 2.05) is 48.5 Å². The number of nitrogens with zero attached hydrogens (tertiary/aromatic N) is 1. The van der Waals surface area contributed by atoms with Crippen LogP contribution in [0.3, 0.4) is 0 Å². The lowest BCUT2D eigenvalue weighted by Gasteiger charge is -2.22. The Balaban J connectivity index is 1.26.